The molecular formula is C17H13Br2F4N3O. The van der Waals surface area contributed by atoms with Crippen molar-refractivity contribution >= 4 is 31.9 Å². The third-order valence-electron chi connectivity index (χ3n) is 3.67. The Morgan fingerprint density at radius 1 is 1.11 bits per heavy atom. The quantitative estimate of drug-likeness (QED) is 0.157. The Kier molecular flexibility index (Phi) is 7.52. The number of hydrogen-bond acceptors (Lipinski definition) is 2. The molecule has 10 heteroatoms. The third-order valence-corrected chi connectivity index (χ3v) is 5.16. The average Bonchev–Trinajstić information content (AvgIpc) is 2.60. The van der Waals surface area contributed by atoms with Gasteiger partial charge in [0.1, 0.15) is 5.75 Å². The minimum Gasteiger partial charge on any atom is -0.428 e. The summed E-state index contributed by atoms with van der Waals surface area (Å²) in [5, 5.41) is 3.70. The van der Waals surface area contributed by atoms with E-state index < -0.39 is 24.3 Å². The van der Waals surface area contributed by atoms with E-state index in [4.69, 9.17) is 5.53 Å². The van der Waals surface area contributed by atoms with Gasteiger partial charge in [-0.1, -0.05) is 55.2 Å². The number of hydrogen-bond donors (Lipinski definition) is 0. The second kappa shape index (κ2) is 9.43. The Hall–Kier alpha value is -1.77. The van der Waals surface area contributed by atoms with Gasteiger partial charge in [0.2, 0.25) is 0 Å². The Morgan fingerprint density at radius 2 is 1.74 bits per heavy atom. The maximum atomic E-state index is 13.1. The molecule has 144 valence electrons. The first kappa shape index (κ1) is 21.5. The van der Waals surface area contributed by atoms with E-state index in [2.05, 4.69) is 46.6 Å². The van der Waals surface area contributed by atoms with E-state index >= 15 is 0 Å². The minimum atomic E-state index is -4.60. The highest BCUT2D eigenvalue weighted by Gasteiger charge is 2.44. The van der Waals surface area contributed by atoms with Gasteiger partial charge in [-0.25, -0.2) is 0 Å². The van der Waals surface area contributed by atoms with Crippen LogP contribution in [0.15, 0.2) is 56.5 Å². The molecule has 4 nitrogen and oxygen atoms in total. The van der Waals surface area contributed by atoms with Crippen LogP contribution < -0.4 is 4.74 Å². The summed E-state index contributed by atoms with van der Waals surface area (Å²) in [6.07, 6.45) is -7.67. The lowest BCUT2D eigenvalue weighted by Gasteiger charge is -2.18. The number of halogens is 6. The van der Waals surface area contributed by atoms with Crippen molar-refractivity contribution in [2.24, 2.45) is 5.11 Å². The maximum Gasteiger partial charge on any atom is 0.461 e. The molecule has 0 amide bonds. The smallest absolute Gasteiger partial charge is 0.428 e. The van der Waals surface area contributed by atoms with Gasteiger partial charge in [0.15, 0.2) is 0 Å². The SMILES string of the molecule is [N-]=[N+]=NC(CCc1c(Br)cccc1Br)c1cccc(OC(F)(F)C(F)F)c1. The largest absolute Gasteiger partial charge is 0.461 e. The normalized spacial score (nSPS) is 12.6. The first-order valence-electron chi connectivity index (χ1n) is 7.66. The molecule has 0 aliphatic rings. The summed E-state index contributed by atoms with van der Waals surface area (Å²) in [7, 11) is 0. The van der Waals surface area contributed by atoms with Crippen molar-refractivity contribution in [2.45, 2.75) is 31.4 Å². The minimum absolute atomic E-state index is 0.375. The molecule has 1 unspecified atom stereocenters. The molecule has 2 aromatic rings. The predicted octanol–water partition coefficient (Wildman–Crippen LogP) is 7.43. The van der Waals surface area contributed by atoms with Crippen molar-refractivity contribution in [1.82, 2.24) is 0 Å². The van der Waals surface area contributed by atoms with Crippen LogP contribution in [0.1, 0.15) is 23.6 Å². The molecule has 2 rings (SSSR count). The highest BCUT2D eigenvalue weighted by molar-refractivity contribution is 9.11. The number of nitrogens with zero attached hydrogens (tertiary/aromatic N) is 3. The van der Waals surface area contributed by atoms with Gasteiger partial charge in [0, 0.05) is 13.9 Å². The lowest BCUT2D eigenvalue weighted by Crippen LogP contribution is -2.33. The molecule has 0 saturated heterocycles. The van der Waals surface area contributed by atoms with Crippen LogP contribution in [0.5, 0.6) is 5.75 Å². The summed E-state index contributed by atoms with van der Waals surface area (Å²) in [5.74, 6) is -0.432. The molecule has 0 aliphatic carbocycles. The molecule has 0 N–H and O–H groups in total. The molecule has 2 aromatic carbocycles. The second-order valence-corrected chi connectivity index (χ2v) is 7.21. The number of benzene rings is 2. The molecule has 0 heterocycles. The van der Waals surface area contributed by atoms with Gasteiger partial charge in [-0.05, 0) is 53.8 Å². The lowest BCUT2D eigenvalue weighted by atomic mass is 9.99. The molecule has 0 aromatic heterocycles. The summed E-state index contributed by atoms with van der Waals surface area (Å²) in [4.78, 5) is 2.79. The van der Waals surface area contributed by atoms with E-state index in [-0.39, 0.29) is 0 Å². The fraction of sp³-hybridized carbons (Fsp3) is 0.294. The Labute approximate surface area is 169 Å². The van der Waals surface area contributed by atoms with Gasteiger partial charge < -0.3 is 4.74 Å². The molecule has 0 fully saturated rings. The molecule has 0 bridgehead atoms. The summed E-state index contributed by atoms with van der Waals surface area (Å²) < 4.78 is 56.7. The summed E-state index contributed by atoms with van der Waals surface area (Å²) in [5.41, 5.74) is 10.2. The zero-order valence-electron chi connectivity index (χ0n) is 13.6. The summed E-state index contributed by atoms with van der Waals surface area (Å²) >= 11 is 6.89. The fourth-order valence-corrected chi connectivity index (χ4v) is 3.79. The molecule has 0 radical (unpaired) electrons. The Morgan fingerprint density at radius 3 is 2.33 bits per heavy atom. The lowest BCUT2D eigenvalue weighted by molar-refractivity contribution is -0.253. The molecular weight excluding hydrogens is 498 g/mol. The van der Waals surface area contributed by atoms with Crippen molar-refractivity contribution in [3.8, 4) is 5.75 Å². The van der Waals surface area contributed by atoms with Crippen LogP contribution in [0.4, 0.5) is 17.6 Å². The van der Waals surface area contributed by atoms with Crippen molar-refractivity contribution < 1.29 is 22.3 Å². The first-order valence-corrected chi connectivity index (χ1v) is 9.25. The molecule has 0 aliphatic heterocycles. The van der Waals surface area contributed by atoms with Crippen LogP contribution in [0.25, 0.3) is 10.4 Å². The van der Waals surface area contributed by atoms with Gasteiger partial charge in [-0.2, -0.15) is 17.6 Å². The summed E-state index contributed by atoms with van der Waals surface area (Å²) in [6, 6.07) is 10.1. The Bertz CT molecular complexity index is 824. The number of ether oxygens (including phenoxy) is 1. The van der Waals surface area contributed by atoms with Crippen LogP contribution in [-0.4, -0.2) is 12.5 Å². The van der Waals surface area contributed by atoms with E-state index in [9.17, 15) is 17.6 Å². The zero-order chi connectivity index (χ0) is 20.0. The molecule has 0 saturated carbocycles. The van der Waals surface area contributed by atoms with Crippen LogP contribution >= 0.6 is 31.9 Å². The van der Waals surface area contributed by atoms with E-state index in [1.54, 1.807) is 6.07 Å². The first-order chi connectivity index (χ1) is 12.7. The third kappa shape index (κ3) is 5.85. The van der Waals surface area contributed by atoms with E-state index in [0.717, 1.165) is 20.6 Å². The van der Waals surface area contributed by atoms with Crippen LogP contribution in [0, 0.1) is 0 Å². The summed E-state index contributed by atoms with van der Waals surface area (Å²) in [6.45, 7) is 0. The van der Waals surface area contributed by atoms with Crippen molar-refractivity contribution in [1.29, 1.82) is 0 Å². The molecule has 0 spiro atoms. The van der Waals surface area contributed by atoms with E-state index in [0.29, 0.717) is 18.4 Å². The molecule has 27 heavy (non-hydrogen) atoms. The number of alkyl halides is 4. The second-order valence-electron chi connectivity index (χ2n) is 5.50. The van der Waals surface area contributed by atoms with Crippen LogP contribution in [0.2, 0.25) is 0 Å². The highest BCUT2D eigenvalue weighted by Crippen LogP contribution is 2.33. The van der Waals surface area contributed by atoms with E-state index in [1.807, 2.05) is 18.2 Å². The van der Waals surface area contributed by atoms with Crippen LogP contribution in [-0.2, 0) is 6.42 Å². The highest BCUT2D eigenvalue weighted by atomic mass is 79.9. The van der Waals surface area contributed by atoms with Gasteiger partial charge in [-0.15, -0.1) is 0 Å². The number of rotatable bonds is 8. The van der Waals surface area contributed by atoms with Gasteiger partial charge >= 0.3 is 12.5 Å². The zero-order valence-corrected chi connectivity index (χ0v) is 16.8. The standard InChI is InChI=1S/C17H13Br2F4N3O/c18-13-5-2-6-14(19)12(13)7-8-15(25-26-24)10-3-1-4-11(9-10)27-17(22,23)16(20)21/h1-6,9,15-16H,7-8H2. The predicted molar refractivity (Wildman–Crippen MR) is 100 cm³/mol. The monoisotopic (exact) mass is 509 g/mol. The van der Waals surface area contributed by atoms with E-state index in [1.165, 1.54) is 12.1 Å². The van der Waals surface area contributed by atoms with Gasteiger partial charge in [-0.3, -0.25) is 0 Å². The van der Waals surface area contributed by atoms with Gasteiger partial charge in [0.25, 0.3) is 0 Å². The Balaban J connectivity index is 2.21. The van der Waals surface area contributed by atoms with Crippen molar-refractivity contribution in [3.63, 3.8) is 0 Å². The fourth-order valence-electron chi connectivity index (χ4n) is 2.39. The number of azide groups is 1. The van der Waals surface area contributed by atoms with Crippen molar-refractivity contribution in [3.05, 3.63) is 73.0 Å². The van der Waals surface area contributed by atoms with Crippen LogP contribution in [0.3, 0.4) is 0 Å². The topological polar surface area (TPSA) is 58.0 Å². The maximum absolute atomic E-state index is 13.1. The average molecular weight is 511 g/mol. The van der Waals surface area contributed by atoms with Gasteiger partial charge in [0.05, 0.1) is 6.04 Å². The molecule has 1 atom stereocenters. The van der Waals surface area contributed by atoms with Crippen molar-refractivity contribution in [2.75, 3.05) is 0 Å².